The molecule has 1 unspecified atom stereocenters. The van der Waals surface area contributed by atoms with Crippen molar-refractivity contribution in [2.24, 2.45) is 11.7 Å². The molecule has 1 amide bonds. The molecule has 1 rings (SSSR count). The number of nitrogens with zero attached hydrogens (tertiary/aromatic N) is 1. The lowest BCUT2D eigenvalue weighted by Crippen LogP contribution is -2.39. The molecule has 0 aromatic heterocycles. The number of nitrogens with one attached hydrogen (secondary N) is 1. The number of morpholine rings is 1. The Bertz CT molecular complexity index is 267. The zero-order chi connectivity index (χ0) is 12.7. The van der Waals surface area contributed by atoms with E-state index in [-0.39, 0.29) is 16.8 Å². The van der Waals surface area contributed by atoms with Crippen molar-refractivity contribution < 1.29 is 9.53 Å². The Labute approximate surface area is 108 Å². The standard InChI is InChI=1S/C11H21N3O2S/c1-9(10(12)17)11(15)13-3-2-4-14-5-7-16-8-6-14/h9H,2-8H2,1H3,(H2,12,17)(H,13,15). The lowest BCUT2D eigenvalue weighted by molar-refractivity contribution is -0.122. The third kappa shape index (κ3) is 5.43. The van der Waals surface area contributed by atoms with Gasteiger partial charge < -0.3 is 15.8 Å². The van der Waals surface area contributed by atoms with E-state index in [4.69, 9.17) is 22.7 Å². The zero-order valence-corrected chi connectivity index (χ0v) is 11.1. The van der Waals surface area contributed by atoms with E-state index in [1.165, 1.54) is 0 Å². The van der Waals surface area contributed by atoms with Gasteiger partial charge in [0.25, 0.3) is 0 Å². The van der Waals surface area contributed by atoms with Crippen LogP contribution >= 0.6 is 12.2 Å². The fourth-order valence-electron chi connectivity index (χ4n) is 1.62. The molecule has 17 heavy (non-hydrogen) atoms. The van der Waals surface area contributed by atoms with Gasteiger partial charge in [0.2, 0.25) is 5.91 Å². The van der Waals surface area contributed by atoms with Crippen LogP contribution in [0.25, 0.3) is 0 Å². The maximum absolute atomic E-state index is 11.5. The molecule has 6 heteroatoms. The summed E-state index contributed by atoms with van der Waals surface area (Å²) in [6, 6.07) is 0. The number of rotatable bonds is 6. The molecule has 0 radical (unpaired) electrons. The summed E-state index contributed by atoms with van der Waals surface area (Å²) >= 11 is 4.77. The van der Waals surface area contributed by atoms with Crippen molar-refractivity contribution in [2.45, 2.75) is 13.3 Å². The predicted octanol–water partition coefficient (Wildman–Crippen LogP) is -0.253. The van der Waals surface area contributed by atoms with Gasteiger partial charge in [-0.2, -0.15) is 0 Å². The highest BCUT2D eigenvalue weighted by atomic mass is 32.1. The van der Waals surface area contributed by atoms with Gasteiger partial charge in [-0.05, 0) is 19.9 Å². The van der Waals surface area contributed by atoms with Crippen LogP contribution in [0.1, 0.15) is 13.3 Å². The highest BCUT2D eigenvalue weighted by molar-refractivity contribution is 7.80. The summed E-state index contributed by atoms with van der Waals surface area (Å²) in [4.78, 5) is 14.1. The fourth-order valence-corrected chi connectivity index (χ4v) is 1.73. The number of amides is 1. The molecule has 98 valence electrons. The van der Waals surface area contributed by atoms with Gasteiger partial charge in [0.15, 0.2) is 0 Å². The van der Waals surface area contributed by atoms with Gasteiger partial charge >= 0.3 is 0 Å². The summed E-state index contributed by atoms with van der Waals surface area (Å²) in [7, 11) is 0. The molecule has 1 aliphatic rings. The second kappa shape index (κ2) is 7.58. The van der Waals surface area contributed by atoms with E-state index in [0.717, 1.165) is 39.3 Å². The molecule has 1 fully saturated rings. The van der Waals surface area contributed by atoms with Gasteiger partial charge in [0.05, 0.1) is 24.1 Å². The topological polar surface area (TPSA) is 67.6 Å². The van der Waals surface area contributed by atoms with Crippen LogP contribution in [0.2, 0.25) is 0 Å². The first kappa shape index (κ1) is 14.3. The molecular weight excluding hydrogens is 238 g/mol. The lowest BCUT2D eigenvalue weighted by Gasteiger charge is -2.26. The molecule has 0 aromatic carbocycles. The molecular formula is C11H21N3O2S. The SMILES string of the molecule is CC(C(=O)NCCCN1CCOCC1)C(N)=S. The van der Waals surface area contributed by atoms with E-state index in [0.29, 0.717) is 6.54 Å². The van der Waals surface area contributed by atoms with E-state index < -0.39 is 0 Å². The van der Waals surface area contributed by atoms with Crippen molar-refractivity contribution in [3.8, 4) is 0 Å². The molecule has 0 bridgehead atoms. The zero-order valence-electron chi connectivity index (χ0n) is 10.3. The van der Waals surface area contributed by atoms with Gasteiger partial charge in [-0.15, -0.1) is 0 Å². The smallest absolute Gasteiger partial charge is 0.229 e. The third-order valence-corrected chi connectivity index (χ3v) is 3.23. The fraction of sp³-hybridized carbons (Fsp3) is 0.818. The highest BCUT2D eigenvalue weighted by Crippen LogP contribution is 1.98. The Balaban J connectivity index is 2.07. The molecule has 1 atom stereocenters. The largest absolute Gasteiger partial charge is 0.393 e. The van der Waals surface area contributed by atoms with Crippen LogP contribution in [0.3, 0.4) is 0 Å². The van der Waals surface area contributed by atoms with Crippen LogP contribution in [-0.4, -0.2) is 55.2 Å². The molecule has 1 heterocycles. The Morgan fingerprint density at radius 3 is 2.76 bits per heavy atom. The van der Waals surface area contributed by atoms with Crippen LogP contribution < -0.4 is 11.1 Å². The van der Waals surface area contributed by atoms with Gasteiger partial charge in [-0.3, -0.25) is 9.69 Å². The first-order valence-electron chi connectivity index (χ1n) is 5.98. The van der Waals surface area contributed by atoms with Crippen molar-refractivity contribution in [1.82, 2.24) is 10.2 Å². The van der Waals surface area contributed by atoms with E-state index in [1.54, 1.807) is 6.92 Å². The van der Waals surface area contributed by atoms with Crippen LogP contribution in [0.15, 0.2) is 0 Å². The summed E-state index contributed by atoms with van der Waals surface area (Å²) < 4.78 is 5.26. The monoisotopic (exact) mass is 259 g/mol. The van der Waals surface area contributed by atoms with Crippen LogP contribution in [0.5, 0.6) is 0 Å². The van der Waals surface area contributed by atoms with E-state index in [1.807, 2.05) is 0 Å². The number of hydrogen-bond acceptors (Lipinski definition) is 4. The van der Waals surface area contributed by atoms with Crippen LogP contribution in [-0.2, 0) is 9.53 Å². The van der Waals surface area contributed by atoms with Gasteiger partial charge in [-0.1, -0.05) is 12.2 Å². The number of carbonyl (C=O) groups is 1. The maximum atomic E-state index is 11.5. The minimum atomic E-state index is -0.381. The van der Waals surface area contributed by atoms with Crippen molar-refractivity contribution in [3.05, 3.63) is 0 Å². The summed E-state index contributed by atoms with van der Waals surface area (Å²) in [5.41, 5.74) is 5.41. The van der Waals surface area contributed by atoms with Gasteiger partial charge in [0, 0.05) is 19.6 Å². The predicted molar refractivity (Wildman–Crippen MR) is 70.8 cm³/mol. The Kier molecular flexibility index (Phi) is 6.39. The summed E-state index contributed by atoms with van der Waals surface area (Å²) in [6.45, 7) is 6.97. The average Bonchev–Trinajstić information content (AvgIpc) is 2.34. The number of thiocarbonyl (C=S) groups is 1. The minimum Gasteiger partial charge on any atom is -0.393 e. The first-order valence-corrected chi connectivity index (χ1v) is 6.39. The average molecular weight is 259 g/mol. The molecule has 1 aliphatic heterocycles. The highest BCUT2D eigenvalue weighted by Gasteiger charge is 2.15. The number of nitrogens with two attached hydrogens (primary N) is 1. The third-order valence-electron chi connectivity index (χ3n) is 2.87. The lowest BCUT2D eigenvalue weighted by atomic mass is 10.1. The Morgan fingerprint density at radius 1 is 1.53 bits per heavy atom. The van der Waals surface area contributed by atoms with Crippen molar-refractivity contribution in [1.29, 1.82) is 0 Å². The summed E-state index contributed by atoms with van der Waals surface area (Å²) in [6.07, 6.45) is 0.940. The Morgan fingerprint density at radius 2 is 2.18 bits per heavy atom. The Hall–Kier alpha value is -0.720. The molecule has 3 N–H and O–H groups in total. The molecule has 0 saturated carbocycles. The second-order valence-electron chi connectivity index (χ2n) is 4.22. The van der Waals surface area contributed by atoms with Gasteiger partial charge in [-0.25, -0.2) is 0 Å². The first-order chi connectivity index (χ1) is 8.11. The normalized spacial score (nSPS) is 18.6. The summed E-state index contributed by atoms with van der Waals surface area (Å²) in [5.74, 6) is -0.465. The summed E-state index contributed by atoms with van der Waals surface area (Å²) in [5, 5.41) is 2.84. The second-order valence-corrected chi connectivity index (χ2v) is 4.69. The maximum Gasteiger partial charge on any atom is 0.229 e. The number of carbonyl (C=O) groups excluding carboxylic acids is 1. The van der Waals surface area contributed by atoms with Crippen molar-refractivity contribution >= 4 is 23.1 Å². The van der Waals surface area contributed by atoms with E-state index in [2.05, 4.69) is 10.2 Å². The molecule has 0 aliphatic carbocycles. The van der Waals surface area contributed by atoms with Crippen LogP contribution in [0, 0.1) is 5.92 Å². The van der Waals surface area contributed by atoms with E-state index >= 15 is 0 Å². The molecule has 1 saturated heterocycles. The van der Waals surface area contributed by atoms with Gasteiger partial charge in [0.1, 0.15) is 0 Å². The quantitative estimate of drug-likeness (QED) is 0.508. The van der Waals surface area contributed by atoms with Crippen molar-refractivity contribution in [3.63, 3.8) is 0 Å². The number of ether oxygens (including phenoxy) is 1. The molecule has 0 aromatic rings. The minimum absolute atomic E-state index is 0.0838. The molecule has 0 spiro atoms. The molecule has 5 nitrogen and oxygen atoms in total. The van der Waals surface area contributed by atoms with Crippen LogP contribution in [0.4, 0.5) is 0 Å². The van der Waals surface area contributed by atoms with E-state index in [9.17, 15) is 4.79 Å². The van der Waals surface area contributed by atoms with Crippen molar-refractivity contribution in [2.75, 3.05) is 39.4 Å². The number of hydrogen-bond donors (Lipinski definition) is 2.